The lowest BCUT2D eigenvalue weighted by atomic mass is 10.1. The maximum absolute atomic E-state index is 5.83. The van der Waals surface area contributed by atoms with Crippen LogP contribution in [0.15, 0.2) is 35.0 Å². The number of nitrogen functional groups attached to an aromatic ring is 1. The summed E-state index contributed by atoms with van der Waals surface area (Å²) in [5.74, 6) is 0. The van der Waals surface area contributed by atoms with E-state index < -0.39 is 0 Å². The average Bonchev–Trinajstić information content (AvgIpc) is 2.65. The molecule has 1 heterocycles. The molecular formula is C11H12N2S. The molecule has 0 aliphatic rings. The van der Waals surface area contributed by atoms with Gasteiger partial charge in [0.2, 0.25) is 0 Å². The second-order valence-electron chi connectivity index (χ2n) is 3.14. The number of thiophene rings is 1. The van der Waals surface area contributed by atoms with E-state index in [4.69, 9.17) is 11.5 Å². The van der Waals surface area contributed by atoms with Gasteiger partial charge >= 0.3 is 0 Å². The van der Waals surface area contributed by atoms with E-state index >= 15 is 0 Å². The van der Waals surface area contributed by atoms with Crippen molar-refractivity contribution in [2.45, 2.75) is 6.54 Å². The number of rotatable bonds is 2. The summed E-state index contributed by atoms with van der Waals surface area (Å²) in [6.07, 6.45) is 0. The average molecular weight is 204 g/mol. The van der Waals surface area contributed by atoms with Crippen LogP contribution in [0.2, 0.25) is 0 Å². The molecule has 4 N–H and O–H groups in total. The molecule has 14 heavy (non-hydrogen) atoms. The topological polar surface area (TPSA) is 52.0 Å². The molecule has 0 spiro atoms. The molecule has 2 rings (SSSR count). The summed E-state index contributed by atoms with van der Waals surface area (Å²) in [4.78, 5) is 0. The molecule has 0 bridgehead atoms. The Bertz CT molecular complexity index is 417. The molecule has 2 aromatic rings. The van der Waals surface area contributed by atoms with Gasteiger partial charge in [-0.15, -0.1) is 11.3 Å². The largest absolute Gasteiger partial charge is 0.398 e. The second kappa shape index (κ2) is 3.82. The first-order valence-corrected chi connectivity index (χ1v) is 5.36. The van der Waals surface area contributed by atoms with Crippen molar-refractivity contribution in [1.82, 2.24) is 0 Å². The molecule has 1 aromatic heterocycles. The third kappa shape index (κ3) is 1.64. The molecule has 0 fully saturated rings. The lowest BCUT2D eigenvalue weighted by molar-refractivity contribution is 1.07. The highest BCUT2D eigenvalue weighted by atomic mass is 32.1. The van der Waals surface area contributed by atoms with Crippen molar-refractivity contribution in [2.24, 2.45) is 5.73 Å². The third-order valence-electron chi connectivity index (χ3n) is 2.19. The van der Waals surface area contributed by atoms with Gasteiger partial charge in [-0.1, -0.05) is 24.3 Å². The van der Waals surface area contributed by atoms with Gasteiger partial charge < -0.3 is 11.5 Å². The molecule has 0 amide bonds. The van der Waals surface area contributed by atoms with E-state index in [0.29, 0.717) is 6.54 Å². The van der Waals surface area contributed by atoms with Crippen LogP contribution in [0.4, 0.5) is 5.69 Å². The number of benzene rings is 1. The predicted octanol–water partition coefficient (Wildman–Crippen LogP) is 2.46. The van der Waals surface area contributed by atoms with Crippen molar-refractivity contribution >= 4 is 17.0 Å². The van der Waals surface area contributed by atoms with Gasteiger partial charge in [0.05, 0.1) is 5.69 Å². The number of hydrogen-bond donors (Lipinski definition) is 2. The number of anilines is 1. The molecule has 72 valence electrons. The van der Waals surface area contributed by atoms with Crippen LogP contribution in [-0.4, -0.2) is 0 Å². The van der Waals surface area contributed by atoms with Gasteiger partial charge in [0.25, 0.3) is 0 Å². The summed E-state index contributed by atoms with van der Waals surface area (Å²) in [6, 6.07) is 8.18. The SMILES string of the molecule is NCc1ccc(-c2cscc2N)cc1. The third-order valence-corrected chi connectivity index (χ3v) is 2.95. The summed E-state index contributed by atoms with van der Waals surface area (Å²) in [6.45, 7) is 0.583. The van der Waals surface area contributed by atoms with Gasteiger partial charge in [-0.25, -0.2) is 0 Å². The van der Waals surface area contributed by atoms with E-state index in [1.165, 1.54) is 0 Å². The molecular weight excluding hydrogens is 192 g/mol. The standard InChI is InChI=1S/C11H12N2S/c12-5-8-1-3-9(4-2-8)10-6-14-7-11(10)13/h1-4,6-7H,5,12-13H2. The van der Waals surface area contributed by atoms with E-state index in [0.717, 1.165) is 22.4 Å². The molecule has 0 aliphatic heterocycles. The highest BCUT2D eigenvalue weighted by Gasteiger charge is 2.02. The van der Waals surface area contributed by atoms with Crippen LogP contribution in [0.3, 0.4) is 0 Å². The Hall–Kier alpha value is -1.32. The molecule has 0 radical (unpaired) electrons. The molecule has 0 saturated carbocycles. The lowest BCUT2D eigenvalue weighted by Gasteiger charge is -2.01. The van der Waals surface area contributed by atoms with Crippen molar-refractivity contribution in [3.63, 3.8) is 0 Å². The van der Waals surface area contributed by atoms with E-state index in [1.807, 2.05) is 17.5 Å². The monoisotopic (exact) mass is 204 g/mol. The Balaban J connectivity index is 2.39. The predicted molar refractivity (Wildman–Crippen MR) is 62.1 cm³/mol. The van der Waals surface area contributed by atoms with E-state index in [2.05, 4.69) is 17.5 Å². The van der Waals surface area contributed by atoms with Crippen LogP contribution in [0, 0.1) is 0 Å². The summed E-state index contributed by atoms with van der Waals surface area (Å²) in [7, 11) is 0. The quantitative estimate of drug-likeness (QED) is 0.789. The fraction of sp³-hybridized carbons (Fsp3) is 0.0909. The van der Waals surface area contributed by atoms with Gasteiger partial charge in [0.1, 0.15) is 0 Å². The van der Waals surface area contributed by atoms with Gasteiger partial charge in [0.15, 0.2) is 0 Å². The van der Waals surface area contributed by atoms with Gasteiger partial charge in [-0.05, 0) is 11.1 Å². The minimum atomic E-state index is 0.583. The summed E-state index contributed by atoms with van der Waals surface area (Å²) in [5.41, 5.74) is 15.6. The smallest absolute Gasteiger partial charge is 0.0502 e. The van der Waals surface area contributed by atoms with Crippen LogP contribution in [0.1, 0.15) is 5.56 Å². The molecule has 0 unspecified atom stereocenters. The van der Waals surface area contributed by atoms with Crippen LogP contribution < -0.4 is 11.5 Å². The lowest BCUT2D eigenvalue weighted by Crippen LogP contribution is -1.95. The minimum absolute atomic E-state index is 0.583. The summed E-state index contributed by atoms with van der Waals surface area (Å²) < 4.78 is 0. The van der Waals surface area contributed by atoms with Gasteiger partial charge in [-0.3, -0.25) is 0 Å². The second-order valence-corrected chi connectivity index (χ2v) is 3.89. The highest BCUT2D eigenvalue weighted by Crippen LogP contribution is 2.29. The fourth-order valence-corrected chi connectivity index (χ4v) is 2.11. The summed E-state index contributed by atoms with van der Waals surface area (Å²) >= 11 is 1.62. The maximum Gasteiger partial charge on any atom is 0.0502 e. The van der Waals surface area contributed by atoms with Crippen molar-refractivity contribution in [3.8, 4) is 11.1 Å². The van der Waals surface area contributed by atoms with Crippen LogP contribution in [0.5, 0.6) is 0 Å². The van der Waals surface area contributed by atoms with E-state index in [-0.39, 0.29) is 0 Å². The van der Waals surface area contributed by atoms with Crippen LogP contribution >= 0.6 is 11.3 Å². The Morgan fingerprint density at radius 3 is 2.29 bits per heavy atom. The normalized spacial score (nSPS) is 10.4. The number of nitrogens with two attached hydrogens (primary N) is 2. The first-order valence-electron chi connectivity index (χ1n) is 4.42. The molecule has 0 aliphatic carbocycles. The zero-order valence-corrected chi connectivity index (χ0v) is 8.55. The zero-order valence-electron chi connectivity index (χ0n) is 7.73. The molecule has 2 nitrogen and oxygen atoms in total. The Morgan fingerprint density at radius 1 is 1.07 bits per heavy atom. The molecule has 0 saturated heterocycles. The summed E-state index contributed by atoms with van der Waals surface area (Å²) in [5, 5.41) is 4.01. The van der Waals surface area contributed by atoms with Crippen LogP contribution in [-0.2, 0) is 6.54 Å². The van der Waals surface area contributed by atoms with E-state index in [9.17, 15) is 0 Å². The van der Waals surface area contributed by atoms with Crippen molar-refractivity contribution in [1.29, 1.82) is 0 Å². The molecule has 0 atom stereocenters. The van der Waals surface area contributed by atoms with E-state index in [1.54, 1.807) is 11.3 Å². The van der Waals surface area contributed by atoms with Crippen molar-refractivity contribution < 1.29 is 0 Å². The Morgan fingerprint density at radius 2 is 1.79 bits per heavy atom. The van der Waals surface area contributed by atoms with Crippen molar-refractivity contribution in [2.75, 3.05) is 5.73 Å². The van der Waals surface area contributed by atoms with Crippen molar-refractivity contribution in [3.05, 3.63) is 40.6 Å². The highest BCUT2D eigenvalue weighted by molar-refractivity contribution is 7.08. The number of hydrogen-bond acceptors (Lipinski definition) is 3. The first-order chi connectivity index (χ1) is 6.81. The first kappa shape index (κ1) is 9.24. The minimum Gasteiger partial charge on any atom is -0.398 e. The van der Waals surface area contributed by atoms with Crippen LogP contribution in [0.25, 0.3) is 11.1 Å². The Labute approximate surface area is 87.2 Å². The van der Waals surface area contributed by atoms with Gasteiger partial charge in [-0.2, -0.15) is 0 Å². The Kier molecular flexibility index (Phi) is 2.52. The zero-order chi connectivity index (χ0) is 9.97. The fourth-order valence-electron chi connectivity index (χ4n) is 1.36. The molecule has 3 heteroatoms. The maximum atomic E-state index is 5.83. The molecule has 1 aromatic carbocycles. The van der Waals surface area contributed by atoms with Gasteiger partial charge in [0, 0.05) is 22.9 Å².